The topological polar surface area (TPSA) is 46.5 Å². The maximum Gasteiger partial charge on any atom is 0.257 e. The van der Waals surface area contributed by atoms with Crippen molar-refractivity contribution >= 4 is 11.6 Å². The van der Waals surface area contributed by atoms with E-state index in [4.69, 9.17) is 4.74 Å². The Bertz CT molecular complexity index is 846. The summed E-state index contributed by atoms with van der Waals surface area (Å²) in [7, 11) is 0. The zero-order valence-corrected chi connectivity index (χ0v) is 17.7. The molecule has 0 radical (unpaired) electrons. The number of carbonyl (C=O) groups excluding carboxylic acids is 1. The van der Waals surface area contributed by atoms with E-state index >= 15 is 0 Å². The molecule has 1 saturated heterocycles. The zero-order chi connectivity index (χ0) is 20.2. The number of ether oxygens (including phenoxy) is 1. The largest absolute Gasteiger partial charge is 0.379 e. The van der Waals surface area contributed by atoms with Gasteiger partial charge >= 0.3 is 0 Å². The third kappa shape index (κ3) is 4.73. The highest BCUT2D eigenvalue weighted by Gasteiger charge is 2.22. The number of aryl methyl sites for hydroxylation is 1. The molecule has 0 atom stereocenters. The second kappa shape index (κ2) is 9.14. The summed E-state index contributed by atoms with van der Waals surface area (Å²) in [6.45, 7) is 8.63. The van der Waals surface area contributed by atoms with Crippen molar-refractivity contribution in [3.63, 3.8) is 0 Å². The molecule has 1 aromatic carbocycles. The minimum absolute atomic E-state index is 0.0105. The molecular weight excluding hydrogens is 362 g/mol. The molecule has 1 aliphatic carbocycles. The van der Waals surface area contributed by atoms with Gasteiger partial charge in [0, 0.05) is 42.8 Å². The second-order valence-corrected chi connectivity index (χ2v) is 8.49. The van der Waals surface area contributed by atoms with Crippen LogP contribution in [0.3, 0.4) is 0 Å². The lowest BCUT2D eigenvalue weighted by atomic mass is 9.95. The van der Waals surface area contributed by atoms with Crippen molar-refractivity contribution in [3.05, 3.63) is 52.8 Å². The van der Waals surface area contributed by atoms with Crippen LogP contribution in [0.25, 0.3) is 0 Å². The van der Waals surface area contributed by atoms with Crippen LogP contribution < -0.4 is 5.32 Å². The molecule has 5 heteroatoms. The van der Waals surface area contributed by atoms with Gasteiger partial charge in [-0.25, -0.2) is 0 Å². The number of amides is 1. The van der Waals surface area contributed by atoms with Gasteiger partial charge in [-0.3, -0.25) is 9.69 Å². The van der Waals surface area contributed by atoms with Crippen molar-refractivity contribution in [2.24, 2.45) is 0 Å². The normalized spacial score (nSPS) is 18.7. The summed E-state index contributed by atoms with van der Waals surface area (Å²) >= 11 is 0. The molecule has 2 aliphatic rings. The lowest BCUT2D eigenvalue weighted by Crippen LogP contribution is -2.35. The fourth-order valence-corrected chi connectivity index (χ4v) is 4.87. The van der Waals surface area contributed by atoms with Crippen molar-refractivity contribution in [3.8, 4) is 0 Å². The average Bonchev–Trinajstić information content (AvgIpc) is 3.04. The van der Waals surface area contributed by atoms with Crippen LogP contribution in [-0.2, 0) is 11.3 Å². The van der Waals surface area contributed by atoms with E-state index in [0.29, 0.717) is 6.04 Å². The van der Waals surface area contributed by atoms with Crippen LogP contribution in [0.1, 0.15) is 65.5 Å². The summed E-state index contributed by atoms with van der Waals surface area (Å²) < 4.78 is 7.82. The van der Waals surface area contributed by atoms with E-state index in [1.165, 1.54) is 43.4 Å². The van der Waals surface area contributed by atoms with Gasteiger partial charge in [-0.1, -0.05) is 31.4 Å². The monoisotopic (exact) mass is 395 g/mol. The molecule has 29 heavy (non-hydrogen) atoms. The van der Waals surface area contributed by atoms with E-state index in [9.17, 15) is 4.79 Å². The minimum atomic E-state index is -0.0105. The molecule has 1 aromatic heterocycles. The van der Waals surface area contributed by atoms with Gasteiger partial charge in [0.05, 0.1) is 18.8 Å². The van der Waals surface area contributed by atoms with Gasteiger partial charge < -0.3 is 14.6 Å². The van der Waals surface area contributed by atoms with E-state index in [-0.39, 0.29) is 5.91 Å². The molecule has 1 amide bonds. The average molecular weight is 396 g/mol. The predicted molar refractivity (Wildman–Crippen MR) is 117 cm³/mol. The van der Waals surface area contributed by atoms with Crippen LogP contribution in [0, 0.1) is 13.8 Å². The molecule has 156 valence electrons. The summed E-state index contributed by atoms with van der Waals surface area (Å²) in [5.41, 5.74) is 5.17. The Morgan fingerprint density at radius 1 is 1.10 bits per heavy atom. The van der Waals surface area contributed by atoms with Crippen molar-refractivity contribution in [1.29, 1.82) is 0 Å². The number of rotatable bonds is 5. The molecule has 0 unspecified atom stereocenters. The summed E-state index contributed by atoms with van der Waals surface area (Å²) in [5.74, 6) is -0.0105. The SMILES string of the molecule is Cc1cc(C(=O)Nc2cccc(CN3CCOCC3)c2)c(C)n1C1CCCCC1. The number of carbonyl (C=O) groups is 1. The smallest absolute Gasteiger partial charge is 0.257 e. The number of nitrogens with one attached hydrogen (secondary N) is 1. The Balaban J connectivity index is 1.46. The third-order valence-corrected chi connectivity index (χ3v) is 6.36. The van der Waals surface area contributed by atoms with Crippen molar-refractivity contribution < 1.29 is 9.53 Å². The quantitative estimate of drug-likeness (QED) is 0.799. The molecule has 2 aromatic rings. The Labute approximate surface area is 174 Å². The molecule has 1 saturated carbocycles. The van der Waals surface area contributed by atoms with E-state index in [2.05, 4.69) is 46.8 Å². The highest BCUT2D eigenvalue weighted by atomic mass is 16.5. The number of nitrogens with zero attached hydrogens (tertiary/aromatic N) is 2. The van der Waals surface area contributed by atoms with Gasteiger partial charge in [0.15, 0.2) is 0 Å². The minimum Gasteiger partial charge on any atom is -0.379 e. The molecular formula is C24H33N3O2. The highest BCUT2D eigenvalue weighted by Crippen LogP contribution is 2.32. The molecule has 1 N–H and O–H groups in total. The van der Waals surface area contributed by atoms with Gasteiger partial charge in [0.2, 0.25) is 0 Å². The van der Waals surface area contributed by atoms with Crippen molar-refractivity contribution in [2.75, 3.05) is 31.6 Å². The molecule has 0 spiro atoms. The van der Waals surface area contributed by atoms with Gasteiger partial charge in [0.1, 0.15) is 0 Å². The van der Waals surface area contributed by atoms with E-state index in [0.717, 1.165) is 49.8 Å². The number of benzene rings is 1. The Morgan fingerprint density at radius 2 is 1.86 bits per heavy atom. The summed E-state index contributed by atoms with van der Waals surface area (Å²) in [6.07, 6.45) is 6.37. The van der Waals surface area contributed by atoms with Gasteiger partial charge in [-0.05, 0) is 50.5 Å². The lowest BCUT2D eigenvalue weighted by Gasteiger charge is -2.26. The summed E-state index contributed by atoms with van der Waals surface area (Å²) in [4.78, 5) is 15.4. The van der Waals surface area contributed by atoms with Crippen LogP contribution in [0.5, 0.6) is 0 Å². The van der Waals surface area contributed by atoms with Crippen LogP contribution in [0.2, 0.25) is 0 Å². The zero-order valence-electron chi connectivity index (χ0n) is 17.7. The van der Waals surface area contributed by atoms with E-state index in [1.807, 2.05) is 12.1 Å². The summed E-state index contributed by atoms with van der Waals surface area (Å²) in [6, 6.07) is 10.8. The van der Waals surface area contributed by atoms with Gasteiger partial charge in [0.25, 0.3) is 5.91 Å². The molecule has 0 bridgehead atoms. The first-order valence-corrected chi connectivity index (χ1v) is 11.0. The third-order valence-electron chi connectivity index (χ3n) is 6.36. The Hall–Kier alpha value is -2.11. The maximum absolute atomic E-state index is 13.0. The first-order chi connectivity index (χ1) is 14.1. The second-order valence-electron chi connectivity index (χ2n) is 8.49. The Kier molecular flexibility index (Phi) is 6.36. The van der Waals surface area contributed by atoms with Crippen LogP contribution in [0.4, 0.5) is 5.69 Å². The number of anilines is 1. The van der Waals surface area contributed by atoms with Crippen molar-refractivity contribution in [2.45, 2.75) is 58.5 Å². The van der Waals surface area contributed by atoms with Crippen LogP contribution >= 0.6 is 0 Å². The van der Waals surface area contributed by atoms with Crippen LogP contribution in [-0.4, -0.2) is 41.7 Å². The lowest BCUT2D eigenvalue weighted by molar-refractivity contribution is 0.0342. The molecule has 5 nitrogen and oxygen atoms in total. The fourth-order valence-electron chi connectivity index (χ4n) is 4.87. The maximum atomic E-state index is 13.0. The number of hydrogen-bond donors (Lipinski definition) is 1. The molecule has 2 heterocycles. The van der Waals surface area contributed by atoms with Gasteiger partial charge in [-0.2, -0.15) is 0 Å². The fraction of sp³-hybridized carbons (Fsp3) is 0.542. The molecule has 2 fully saturated rings. The highest BCUT2D eigenvalue weighted by molar-refractivity contribution is 6.05. The standard InChI is InChI=1S/C24H33N3O2/c1-18-15-23(19(2)27(18)22-9-4-3-5-10-22)24(28)25-21-8-6-7-20(16-21)17-26-11-13-29-14-12-26/h6-8,15-16,22H,3-5,9-14,17H2,1-2H3,(H,25,28). The van der Waals surface area contributed by atoms with Crippen LogP contribution in [0.15, 0.2) is 30.3 Å². The predicted octanol–water partition coefficient (Wildman–Crippen LogP) is 4.69. The summed E-state index contributed by atoms with van der Waals surface area (Å²) in [5, 5.41) is 3.12. The van der Waals surface area contributed by atoms with Gasteiger partial charge in [-0.15, -0.1) is 0 Å². The van der Waals surface area contributed by atoms with Crippen molar-refractivity contribution in [1.82, 2.24) is 9.47 Å². The molecule has 1 aliphatic heterocycles. The first-order valence-electron chi connectivity index (χ1n) is 11.0. The van der Waals surface area contributed by atoms with E-state index < -0.39 is 0 Å². The molecule has 4 rings (SSSR count). The first kappa shape index (κ1) is 20.2. The number of hydrogen-bond acceptors (Lipinski definition) is 3. The number of morpholine rings is 1. The number of aromatic nitrogens is 1. The Morgan fingerprint density at radius 3 is 2.62 bits per heavy atom. The van der Waals surface area contributed by atoms with E-state index in [1.54, 1.807) is 0 Å².